The molecule has 59 heavy (non-hydrogen) atoms. The fourth-order valence-electron chi connectivity index (χ4n) is 6.71. The van der Waals surface area contributed by atoms with Gasteiger partial charge in [-0.1, -0.05) is 214 Å². The Morgan fingerprint density at radius 3 is 1.58 bits per heavy atom. The van der Waals surface area contributed by atoms with Crippen LogP contribution in [0.5, 0.6) is 0 Å². The normalized spacial score (nSPS) is 14.2. The predicted octanol–water partition coefficient (Wildman–Crippen LogP) is 14.2. The van der Waals surface area contributed by atoms with E-state index in [-0.39, 0.29) is 31.3 Å². The molecule has 0 rings (SSSR count). The lowest BCUT2D eigenvalue weighted by Crippen LogP contribution is -2.46. The molecule has 0 aliphatic carbocycles. The SMILES string of the molecule is CC/C=C/C=C/C=C\C=C/C=C/CCCC(=O)OC(CCCCCC/C=C/C/C=C/C/C=C/CC)CC(=O)NC(CO)C(O)CCCCCCCCCCCCCCC. The first-order valence-electron chi connectivity index (χ1n) is 24.0. The topological polar surface area (TPSA) is 95.9 Å². The van der Waals surface area contributed by atoms with Gasteiger partial charge in [-0.05, 0) is 70.6 Å². The second-order valence-corrected chi connectivity index (χ2v) is 15.9. The van der Waals surface area contributed by atoms with E-state index in [1.54, 1.807) is 0 Å². The van der Waals surface area contributed by atoms with Gasteiger partial charge in [0.2, 0.25) is 5.91 Å². The summed E-state index contributed by atoms with van der Waals surface area (Å²) in [5.41, 5.74) is 0. The number of unbranched alkanes of at least 4 members (excludes halogenated alkanes) is 17. The molecule has 0 aliphatic heterocycles. The molecule has 0 aromatic carbocycles. The molecule has 0 aromatic heterocycles. The Kier molecular flexibility index (Phi) is 43.4. The third kappa shape index (κ3) is 41.3. The summed E-state index contributed by atoms with van der Waals surface area (Å²) in [5, 5.41) is 23.7. The zero-order chi connectivity index (χ0) is 43.1. The zero-order valence-electron chi connectivity index (χ0n) is 38.1. The summed E-state index contributed by atoms with van der Waals surface area (Å²) < 4.78 is 5.87. The van der Waals surface area contributed by atoms with Gasteiger partial charge in [-0.2, -0.15) is 0 Å². The van der Waals surface area contributed by atoms with E-state index in [9.17, 15) is 19.8 Å². The van der Waals surface area contributed by atoms with Gasteiger partial charge in [0.15, 0.2) is 0 Å². The highest BCUT2D eigenvalue weighted by Crippen LogP contribution is 2.17. The largest absolute Gasteiger partial charge is 0.462 e. The molecule has 0 saturated carbocycles. The Balaban J connectivity index is 4.76. The van der Waals surface area contributed by atoms with E-state index in [1.807, 2.05) is 54.7 Å². The molecule has 6 heteroatoms. The third-order valence-corrected chi connectivity index (χ3v) is 10.3. The Hall–Kier alpha value is -3.22. The summed E-state index contributed by atoms with van der Waals surface area (Å²) in [6.45, 7) is 6.19. The minimum atomic E-state index is -0.811. The van der Waals surface area contributed by atoms with Gasteiger partial charge in [0.25, 0.3) is 0 Å². The summed E-state index contributed by atoms with van der Waals surface area (Å²) in [4.78, 5) is 26.0. The number of hydrogen-bond acceptors (Lipinski definition) is 5. The first-order chi connectivity index (χ1) is 29.0. The van der Waals surface area contributed by atoms with Crippen LogP contribution in [-0.4, -0.2) is 46.9 Å². The highest BCUT2D eigenvalue weighted by atomic mass is 16.5. The van der Waals surface area contributed by atoms with Crippen LogP contribution < -0.4 is 5.32 Å². The number of nitrogens with one attached hydrogen (secondary N) is 1. The van der Waals surface area contributed by atoms with Crippen molar-refractivity contribution in [2.75, 3.05) is 6.61 Å². The molecule has 0 fully saturated rings. The number of rotatable bonds is 41. The van der Waals surface area contributed by atoms with Crippen molar-refractivity contribution < 1.29 is 24.5 Å². The average Bonchev–Trinajstić information content (AvgIpc) is 3.23. The summed E-state index contributed by atoms with van der Waals surface area (Å²) in [7, 11) is 0. The van der Waals surface area contributed by atoms with Crippen molar-refractivity contribution in [3.05, 3.63) is 97.2 Å². The van der Waals surface area contributed by atoms with Gasteiger partial charge in [0.05, 0.1) is 25.2 Å². The smallest absolute Gasteiger partial charge is 0.306 e. The van der Waals surface area contributed by atoms with Crippen LogP contribution in [0.4, 0.5) is 0 Å². The first kappa shape index (κ1) is 55.8. The quantitative estimate of drug-likeness (QED) is 0.0247. The molecular formula is C53H89NO5. The Morgan fingerprint density at radius 2 is 1.00 bits per heavy atom. The van der Waals surface area contributed by atoms with Gasteiger partial charge in [-0.3, -0.25) is 9.59 Å². The van der Waals surface area contributed by atoms with Crippen molar-refractivity contribution in [3.63, 3.8) is 0 Å². The molecule has 0 bridgehead atoms. The molecule has 0 heterocycles. The number of esters is 1. The first-order valence-corrected chi connectivity index (χ1v) is 24.0. The minimum Gasteiger partial charge on any atom is -0.462 e. The fraction of sp³-hybridized carbons (Fsp3) is 0.660. The zero-order valence-corrected chi connectivity index (χ0v) is 38.1. The lowest BCUT2D eigenvalue weighted by atomic mass is 10.0. The fourth-order valence-corrected chi connectivity index (χ4v) is 6.71. The molecule has 0 spiro atoms. The molecule has 0 saturated heterocycles. The second-order valence-electron chi connectivity index (χ2n) is 15.9. The maximum absolute atomic E-state index is 13.2. The van der Waals surface area contributed by atoms with Gasteiger partial charge in [0, 0.05) is 6.42 Å². The Labute approximate surface area is 363 Å². The van der Waals surface area contributed by atoms with Crippen LogP contribution in [0.1, 0.15) is 201 Å². The maximum atomic E-state index is 13.2. The van der Waals surface area contributed by atoms with Crippen LogP contribution in [0.15, 0.2) is 97.2 Å². The number of aliphatic hydroxyl groups is 2. The molecule has 336 valence electrons. The summed E-state index contributed by atoms with van der Waals surface area (Å²) in [6, 6.07) is -0.728. The Bertz CT molecular complexity index is 1190. The summed E-state index contributed by atoms with van der Waals surface area (Å²) in [6.07, 6.45) is 60.4. The predicted molar refractivity (Wildman–Crippen MR) is 254 cm³/mol. The second kappa shape index (κ2) is 45.9. The average molecular weight is 820 g/mol. The van der Waals surface area contributed by atoms with E-state index >= 15 is 0 Å². The van der Waals surface area contributed by atoms with Crippen LogP contribution in [0.3, 0.4) is 0 Å². The van der Waals surface area contributed by atoms with Crippen LogP contribution >= 0.6 is 0 Å². The molecule has 1 amide bonds. The number of allylic oxidation sites excluding steroid dienone is 16. The van der Waals surface area contributed by atoms with Gasteiger partial charge in [-0.15, -0.1) is 0 Å². The number of amides is 1. The molecule has 0 aromatic rings. The van der Waals surface area contributed by atoms with Crippen LogP contribution in [0.25, 0.3) is 0 Å². The highest BCUT2D eigenvalue weighted by molar-refractivity contribution is 5.77. The van der Waals surface area contributed by atoms with Gasteiger partial charge >= 0.3 is 5.97 Å². The molecule has 6 nitrogen and oxygen atoms in total. The lowest BCUT2D eigenvalue weighted by molar-refractivity contribution is -0.151. The van der Waals surface area contributed by atoms with E-state index < -0.39 is 18.2 Å². The number of carbonyl (C=O) groups excluding carboxylic acids is 2. The van der Waals surface area contributed by atoms with Crippen molar-refractivity contribution in [1.82, 2.24) is 5.32 Å². The third-order valence-electron chi connectivity index (χ3n) is 10.3. The van der Waals surface area contributed by atoms with E-state index in [4.69, 9.17) is 4.74 Å². The van der Waals surface area contributed by atoms with Crippen LogP contribution in [-0.2, 0) is 14.3 Å². The summed E-state index contributed by atoms with van der Waals surface area (Å²) >= 11 is 0. The van der Waals surface area contributed by atoms with Gasteiger partial charge in [0.1, 0.15) is 6.10 Å². The lowest BCUT2D eigenvalue weighted by Gasteiger charge is -2.24. The minimum absolute atomic E-state index is 0.0283. The number of hydrogen-bond donors (Lipinski definition) is 3. The molecular weight excluding hydrogens is 731 g/mol. The molecule has 3 N–H and O–H groups in total. The molecule has 3 unspecified atom stereocenters. The number of ether oxygens (including phenoxy) is 1. The molecule has 0 radical (unpaired) electrons. The van der Waals surface area contributed by atoms with Crippen LogP contribution in [0.2, 0.25) is 0 Å². The number of carbonyl (C=O) groups is 2. The number of aliphatic hydroxyl groups excluding tert-OH is 2. The van der Waals surface area contributed by atoms with E-state index in [0.29, 0.717) is 19.3 Å². The molecule has 0 aliphatic rings. The van der Waals surface area contributed by atoms with E-state index in [2.05, 4.69) is 68.6 Å². The summed E-state index contributed by atoms with van der Waals surface area (Å²) in [5.74, 6) is -0.594. The standard InChI is InChI=1S/C53H89NO5/c1-4-7-10-13-16-19-22-25-28-29-32-35-38-41-44-49(59-53(58)46-43-40-37-34-31-27-24-21-18-15-12-9-6-3)47-52(57)54-50(48-55)51(56)45-42-39-36-33-30-26-23-20-17-14-11-8-5-2/h7,9-10,12,15-16,18-19,21,24-25,27-28,31,34,37,49-51,55-56H,4-6,8,11,13-14,17,20,22-23,26,29-30,32-33,35-36,38-48H2,1-3H3,(H,54,57)/b10-7+,12-9+,18-15+,19-16+,24-21-,28-25+,31-27-,37-34+. The van der Waals surface area contributed by atoms with Crippen molar-refractivity contribution in [2.45, 2.75) is 219 Å². The van der Waals surface area contributed by atoms with Crippen molar-refractivity contribution in [2.24, 2.45) is 0 Å². The maximum Gasteiger partial charge on any atom is 0.306 e. The van der Waals surface area contributed by atoms with Crippen LogP contribution in [0, 0.1) is 0 Å². The Morgan fingerprint density at radius 1 is 0.525 bits per heavy atom. The van der Waals surface area contributed by atoms with Gasteiger partial charge in [-0.25, -0.2) is 0 Å². The monoisotopic (exact) mass is 820 g/mol. The molecule has 3 atom stereocenters. The highest BCUT2D eigenvalue weighted by Gasteiger charge is 2.24. The van der Waals surface area contributed by atoms with Crippen molar-refractivity contribution >= 4 is 11.9 Å². The van der Waals surface area contributed by atoms with Crippen molar-refractivity contribution in [1.29, 1.82) is 0 Å². The van der Waals surface area contributed by atoms with Crippen molar-refractivity contribution in [3.8, 4) is 0 Å². The van der Waals surface area contributed by atoms with Gasteiger partial charge < -0.3 is 20.3 Å². The van der Waals surface area contributed by atoms with E-state index in [0.717, 1.165) is 83.5 Å². The van der Waals surface area contributed by atoms with E-state index in [1.165, 1.54) is 64.2 Å².